The van der Waals surface area contributed by atoms with E-state index >= 15 is 0 Å². The molecule has 2 N–H and O–H groups in total. The quantitative estimate of drug-likeness (QED) is 0.434. The van der Waals surface area contributed by atoms with Crippen molar-refractivity contribution in [3.63, 3.8) is 0 Å². The van der Waals surface area contributed by atoms with Gasteiger partial charge in [-0.3, -0.25) is 14.5 Å². The van der Waals surface area contributed by atoms with Gasteiger partial charge in [-0.2, -0.15) is 0 Å². The highest BCUT2D eigenvalue weighted by Gasteiger charge is 2.40. The normalized spacial score (nSPS) is 22.1. The van der Waals surface area contributed by atoms with E-state index < -0.39 is 34.9 Å². The Bertz CT molecular complexity index is 925. The third-order valence-electron chi connectivity index (χ3n) is 6.89. The lowest BCUT2D eigenvalue weighted by atomic mass is 9.92. The van der Waals surface area contributed by atoms with Crippen LogP contribution in [0.25, 0.3) is 0 Å². The molecular weight excluding hydrogens is 461 g/mol. The zero-order chi connectivity index (χ0) is 26.9. The Balaban J connectivity index is 1.88. The van der Waals surface area contributed by atoms with Gasteiger partial charge in [0, 0.05) is 42.5 Å². The molecule has 2 fully saturated rings. The molecule has 202 valence electrons. The van der Waals surface area contributed by atoms with E-state index in [4.69, 9.17) is 9.47 Å². The maximum Gasteiger partial charge on any atom is 0.325 e. The second-order valence-electron chi connectivity index (χ2n) is 12.5. The standard InChI is InChI=1S/C28H44FN3O4/c1-18-15-22(31-19-9-13-32(14-10-19)28(8)11-12-30-17-28)20(16-21(18)29)23(24(33)35-26(2,3)4)25(34)36-27(5,6)7/h15-16,19,23,30-31H,9-14,17H2,1-8H3. The summed E-state index contributed by atoms with van der Waals surface area (Å²) in [5.74, 6) is -3.38. The molecular formula is C28H44FN3O4. The van der Waals surface area contributed by atoms with Crippen molar-refractivity contribution < 1.29 is 23.5 Å². The van der Waals surface area contributed by atoms with Crippen LogP contribution in [-0.2, 0) is 19.1 Å². The number of carbonyl (C=O) groups is 2. The molecule has 3 rings (SSSR count). The summed E-state index contributed by atoms with van der Waals surface area (Å²) in [6, 6.07) is 3.10. The summed E-state index contributed by atoms with van der Waals surface area (Å²) in [4.78, 5) is 29.1. The topological polar surface area (TPSA) is 79.9 Å². The maximum atomic E-state index is 14.8. The van der Waals surface area contributed by atoms with Crippen LogP contribution in [-0.4, -0.2) is 65.8 Å². The van der Waals surface area contributed by atoms with E-state index in [1.54, 1.807) is 54.5 Å². The van der Waals surface area contributed by atoms with Crippen LogP contribution >= 0.6 is 0 Å². The van der Waals surface area contributed by atoms with Crippen molar-refractivity contribution in [3.05, 3.63) is 29.1 Å². The zero-order valence-corrected chi connectivity index (χ0v) is 23.2. The Morgan fingerprint density at radius 3 is 2.11 bits per heavy atom. The first-order chi connectivity index (χ1) is 16.6. The van der Waals surface area contributed by atoms with Crippen molar-refractivity contribution in [2.45, 2.75) is 103 Å². The molecule has 36 heavy (non-hydrogen) atoms. The van der Waals surface area contributed by atoms with Gasteiger partial charge in [0.1, 0.15) is 17.0 Å². The van der Waals surface area contributed by atoms with Crippen LogP contribution in [0.2, 0.25) is 0 Å². The van der Waals surface area contributed by atoms with Gasteiger partial charge in [0.15, 0.2) is 5.92 Å². The number of rotatable bonds is 6. The smallest absolute Gasteiger partial charge is 0.325 e. The number of ether oxygens (including phenoxy) is 2. The van der Waals surface area contributed by atoms with Crippen molar-refractivity contribution in [3.8, 4) is 0 Å². The van der Waals surface area contributed by atoms with E-state index in [2.05, 4.69) is 22.5 Å². The number of anilines is 1. The van der Waals surface area contributed by atoms with Crippen LogP contribution in [0.4, 0.5) is 10.1 Å². The van der Waals surface area contributed by atoms with Gasteiger partial charge in [0.2, 0.25) is 0 Å². The Kier molecular flexibility index (Phi) is 8.40. The van der Waals surface area contributed by atoms with Crippen LogP contribution in [0, 0.1) is 12.7 Å². The summed E-state index contributed by atoms with van der Waals surface area (Å²) in [5.41, 5.74) is -0.186. The summed E-state index contributed by atoms with van der Waals surface area (Å²) in [7, 11) is 0. The number of hydrogen-bond donors (Lipinski definition) is 2. The number of hydrogen-bond acceptors (Lipinski definition) is 7. The van der Waals surface area contributed by atoms with Crippen LogP contribution in [0.15, 0.2) is 12.1 Å². The molecule has 0 bridgehead atoms. The molecule has 1 aromatic carbocycles. The van der Waals surface area contributed by atoms with Gasteiger partial charge in [-0.1, -0.05) is 0 Å². The minimum absolute atomic E-state index is 0.140. The lowest BCUT2D eigenvalue weighted by molar-refractivity contribution is -0.169. The van der Waals surface area contributed by atoms with Crippen molar-refractivity contribution in [1.29, 1.82) is 0 Å². The summed E-state index contributed by atoms with van der Waals surface area (Å²) < 4.78 is 26.0. The average Bonchev–Trinajstić information content (AvgIpc) is 3.17. The number of benzene rings is 1. The van der Waals surface area contributed by atoms with E-state index in [9.17, 15) is 14.0 Å². The fourth-order valence-electron chi connectivity index (χ4n) is 4.99. The van der Waals surface area contributed by atoms with Gasteiger partial charge in [0.25, 0.3) is 0 Å². The SMILES string of the molecule is Cc1cc(NC2CCN(C3(C)CCNC3)CC2)c(C(C(=O)OC(C)(C)C)C(=O)OC(C)(C)C)cc1F. The molecule has 0 saturated carbocycles. The Labute approximate surface area is 215 Å². The zero-order valence-electron chi connectivity index (χ0n) is 23.2. The highest BCUT2D eigenvalue weighted by Crippen LogP contribution is 2.34. The van der Waals surface area contributed by atoms with Crippen LogP contribution in [0.1, 0.15) is 84.8 Å². The van der Waals surface area contributed by atoms with Crippen LogP contribution < -0.4 is 10.6 Å². The Morgan fingerprint density at radius 1 is 1.08 bits per heavy atom. The molecule has 1 unspecified atom stereocenters. The minimum Gasteiger partial charge on any atom is -0.459 e. The summed E-state index contributed by atoms with van der Waals surface area (Å²) >= 11 is 0. The summed E-state index contributed by atoms with van der Waals surface area (Å²) in [5, 5.41) is 7.00. The molecule has 2 aliphatic heterocycles. The van der Waals surface area contributed by atoms with Crippen molar-refractivity contribution >= 4 is 17.6 Å². The van der Waals surface area contributed by atoms with E-state index in [0.29, 0.717) is 11.3 Å². The predicted octanol–water partition coefficient (Wildman–Crippen LogP) is 4.53. The number of esters is 2. The first-order valence-electron chi connectivity index (χ1n) is 13.1. The molecule has 0 aliphatic carbocycles. The van der Waals surface area contributed by atoms with Crippen molar-refractivity contribution in [2.24, 2.45) is 0 Å². The maximum absolute atomic E-state index is 14.8. The molecule has 8 heteroatoms. The fourth-order valence-corrected chi connectivity index (χ4v) is 4.99. The number of piperidine rings is 1. The largest absolute Gasteiger partial charge is 0.459 e. The second kappa shape index (κ2) is 10.7. The van der Waals surface area contributed by atoms with Gasteiger partial charge < -0.3 is 20.1 Å². The van der Waals surface area contributed by atoms with Crippen LogP contribution in [0.3, 0.4) is 0 Å². The summed E-state index contributed by atoms with van der Waals surface area (Å²) in [6.45, 7) is 18.4. The molecule has 0 radical (unpaired) electrons. The highest BCUT2D eigenvalue weighted by molar-refractivity contribution is 6.02. The highest BCUT2D eigenvalue weighted by atomic mass is 19.1. The molecule has 7 nitrogen and oxygen atoms in total. The van der Waals surface area contributed by atoms with Gasteiger partial charge in [0.05, 0.1) is 0 Å². The van der Waals surface area contributed by atoms with E-state index in [0.717, 1.165) is 45.4 Å². The third-order valence-corrected chi connectivity index (χ3v) is 6.89. The summed E-state index contributed by atoms with van der Waals surface area (Å²) in [6.07, 6.45) is 2.96. The molecule has 2 saturated heterocycles. The third kappa shape index (κ3) is 7.19. The monoisotopic (exact) mass is 505 g/mol. The first-order valence-corrected chi connectivity index (χ1v) is 13.1. The molecule has 1 aromatic rings. The van der Waals surface area contributed by atoms with E-state index in [1.165, 1.54) is 6.07 Å². The van der Waals surface area contributed by atoms with Gasteiger partial charge in [-0.25, -0.2) is 4.39 Å². The molecule has 2 heterocycles. The van der Waals surface area contributed by atoms with Crippen molar-refractivity contribution in [1.82, 2.24) is 10.2 Å². The molecule has 0 aromatic heterocycles. The number of likely N-dealkylation sites (tertiary alicyclic amines) is 1. The molecule has 0 amide bonds. The number of aryl methyl sites for hydroxylation is 1. The van der Waals surface area contributed by atoms with E-state index in [1.807, 2.05) is 0 Å². The van der Waals surface area contributed by atoms with Crippen molar-refractivity contribution in [2.75, 3.05) is 31.5 Å². The average molecular weight is 506 g/mol. The minimum atomic E-state index is -1.40. The number of carbonyl (C=O) groups excluding carboxylic acids is 2. The van der Waals surface area contributed by atoms with Gasteiger partial charge >= 0.3 is 11.9 Å². The second-order valence-corrected chi connectivity index (χ2v) is 12.5. The van der Waals surface area contributed by atoms with E-state index in [-0.39, 0.29) is 17.1 Å². The lowest BCUT2D eigenvalue weighted by Crippen LogP contribution is -2.53. The lowest BCUT2D eigenvalue weighted by Gasteiger charge is -2.43. The Hall–Kier alpha value is -2.19. The van der Waals surface area contributed by atoms with Gasteiger partial charge in [-0.15, -0.1) is 0 Å². The first kappa shape index (κ1) is 28.4. The number of nitrogens with one attached hydrogen (secondary N) is 2. The predicted molar refractivity (Wildman–Crippen MR) is 140 cm³/mol. The van der Waals surface area contributed by atoms with Crippen LogP contribution in [0.5, 0.6) is 0 Å². The van der Waals surface area contributed by atoms with Gasteiger partial charge in [-0.05, 0) is 98.9 Å². The number of halogens is 1. The molecule has 2 aliphatic rings. The molecule has 0 spiro atoms. The Morgan fingerprint density at radius 2 is 1.64 bits per heavy atom. The fraction of sp³-hybridized carbons (Fsp3) is 0.714. The molecule has 1 atom stereocenters. The number of nitrogens with zero attached hydrogens (tertiary/aromatic N) is 1.